The molecule has 0 bridgehead atoms. The van der Waals surface area contributed by atoms with Gasteiger partial charge in [0.05, 0.1) is 13.5 Å². The van der Waals surface area contributed by atoms with E-state index in [1.807, 2.05) is 25.1 Å². The minimum atomic E-state index is -0.301. The van der Waals surface area contributed by atoms with Crippen LogP contribution in [-0.2, 0) is 20.8 Å². The fourth-order valence-electron chi connectivity index (χ4n) is 3.39. The third-order valence-electron chi connectivity index (χ3n) is 4.55. The average molecular weight is 361 g/mol. The number of benzene rings is 1. The average Bonchev–Trinajstić information content (AvgIpc) is 2.99. The maximum atomic E-state index is 12.1. The molecule has 1 aliphatic carbocycles. The van der Waals surface area contributed by atoms with Crippen molar-refractivity contribution in [2.75, 3.05) is 7.11 Å². The number of nitrogens with one attached hydrogen (secondary N) is 3. The molecule has 3 amide bonds. The number of carbonyl (C=O) groups excluding carboxylic acids is 3. The summed E-state index contributed by atoms with van der Waals surface area (Å²) in [5.74, 6) is 0.305. The first-order valence-corrected chi connectivity index (χ1v) is 8.85. The van der Waals surface area contributed by atoms with Gasteiger partial charge in [-0.3, -0.25) is 25.2 Å². The first kappa shape index (κ1) is 19.8. The molecule has 0 aromatic heterocycles. The standard InChI is InChI=1S/C19H27N3O4/c1-12-4-7-17(26-3)15(8-12)11-19(25)22-21-18(24)10-14-5-6-16(9-14)20-13(2)23/h4,7-8,14,16H,5-6,9-11H2,1-3H3,(H,20,23)(H,21,24)(H,22,25)/t14-,16+/m1/s1. The van der Waals surface area contributed by atoms with Crippen LogP contribution in [0, 0.1) is 12.8 Å². The largest absolute Gasteiger partial charge is 0.496 e. The number of hydrogen-bond acceptors (Lipinski definition) is 4. The minimum absolute atomic E-state index is 0.0426. The normalized spacial score (nSPS) is 18.9. The van der Waals surface area contributed by atoms with Gasteiger partial charge in [0.1, 0.15) is 5.75 Å². The van der Waals surface area contributed by atoms with Crippen LogP contribution in [0.5, 0.6) is 5.75 Å². The molecule has 7 heteroatoms. The molecule has 1 fully saturated rings. The van der Waals surface area contributed by atoms with Gasteiger partial charge >= 0.3 is 0 Å². The molecule has 3 N–H and O–H groups in total. The van der Waals surface area contributed by atoms with Gasteiger partial charge in [0.15, 0.2) is 0 Å². The Labute approximate surface area is 153 Å². The van der Waals surface area contributed by atoms with Crippen LogP contribution < -0.4 is 20.9 Å². The van der Waals surface area contributed by atoms with Crippen LogP contribution in [0.15, 0.2) is 18.2 Å². The van der Waals surface area contributed by atoms with Crippen molar-refractivity contribution in [3.63, 3.8) is 0 Å². The van der Waals surface area contributed by atoms with E-state index in [0.29, 0.717) is 12.2 Å². The van der Waals surface area contributed by atoms with Crippen molar-refractivity contribution in [2.24, 2.45) is 5.92 Å². The molecule has 0 spiro atoms. The second-order valence-corrected chi connectivity index (χ2v) is 6.87. The Balaban J connectivity index is 1.75. The topological polar surface area (TPSA) is 96.5 Å². The van der Waals surface area contributed by atoms with Crippen LogP contribution >= 0.6 is 0 Å². The van der Waals surface area contributed by atoms with E-state index in [4.69, 9.17) is 4.74 Å². The SMILES string of the molecule is COc1ccc(C)cc1CC(=O)NNC(=O)C[C@@H]1CC[C@H](NC(C)=O)C1. The molecule has 1 aromatic rings. The van der Waals surface area contributed by atoms with E-state index >= 15 is 0 Å². The first-order valence-electron chi connectivity index (χ1n) is 8.85. The highest BCUT2D eigenvalue weighted by Crippen LogP contribution is 2.28. The van der Waals surface area contributed by atoms with Crippen molar-refractivity contribution in [3.8, 4) is 5.75 Å². The zero-order valence-corrected chi connectivity index (χ0v) is 15.6. The molecule has 7 nitrogen and oxygen atoms in total. The van der Waals surface area contributed by atoms with Crippen molar-refractivity contribution >= 4 is 17.7 Å². The quantitative estimate of drug-likeness (QED) is 0.667. The molecular formula is C19H27N3O4. The number of aryl methyl sites for hydroxylation is 1. The van der Waals surface area contributed by atoms with Gasteiger partial charge in [0.25, 0.3) is 0 Å². The molecule has 142 valence electrons. The summed E-state index contributed by atoms with van der Waals surface area (Å²) in [5, 5.41) is 2.89. The molecule has 1 aromatic carbocycles. The van der Waals surface area contributed by atoms with Crippen LogP contribution in [0.2, 0.25) is 0 Å². The molecule has 1 saturated carbocycles. The predicted octanol–water partition coefficient (Wildman–Crippen LogP) is 1.39. The van der Waals surface area contributed by atoms with Gasteiger partial charge in [-0.2, -0.15) is 0 Å². The van der Waals surface area contributed by atoms with E-state index in [9.17, 15) is 14.4 Å². The lowest BCUT2D eigenvalue weighted by Crippen LogP contribution is -2.43. The summed E-state index contributed by atoms with van der Waals surface area (Å²) in [6, 6.07) is 5.77. The highest BCUT2D eigenvalue weighted by atomic mass is 16.5. The van der Waals surface area contributed by atoms with Gasteiger partial charge in [-0.05, 0) is 38.2 Å². The van der Waals surface area contributed by atoms with E-state index in [1.54, 1.807) is 7.11 Å². The van der Waals surface area contributed by atoms with Crippen molar-refractivity contribution in [3.05, 3.63) is 29.3 Å². The fourth-order valence-corrected chi connectivity index (χ4v) is 3.39. The number of rotatable bonds is 6. The van der Waals surface area contributed by atoms with Gasteiger partial charge in [-0.15, -0.1) is 0 Å². The molecule has 0 aliphatic heterocycles. The second kappa shape index (κ2) is 9.22. The van der Waals surface area contributed by atoms with E-state index in [2.05, 4.69) is 16.2 Å². The zero-order chi connectivity index (χ0) is 19.1. The molecule has 0 radical (unpaired) electrons. The summed E-state index contributed by atoms with van der Waals surface area (Å²) in [5.41, 5.74) is 6.73. The summed E-state index contributed by atoms with van der Waals surface area (Å²) in [6.07, 6.45) is 3.04. The Kier molecular flexibility index (Phi) is 7.00. The predicted molar refractivity (Wildman–Crippen MR) is 97.3 cm³/mol. The molecule has 2 atom stereocenters. The van der Waals surface area contributed by atoms with Gasteiger partial charge in [0.2, 0.25) is 17.7 Å². The Morgan fingerprint density at radius 1 is 1.15 bits per heavy atom. The molecular weight excluding hydrogens is 334 g/mol. The van der Waals surface area contributed by atoms with Crippen molar-refractivity contribution < 1.29 is 19.1 Å². The number of ether oxygens (including phenoxy) is 1. The van der Waals surface area contributed by atoms with Gasteiger partial charge in [-0.25, -0.2) is 0 Å². The van der Waals surface area contributed by atoms with E-state index in [1.165, 1.54) is 6.92 Å². The lowest BCUT2D eigenvalue weighted by molar-refractivity contribution is -0.129. The third-order valence-corrected chi connectivity index (χ3v) is 4.55. The monoisotopic (exact) mass is 361 g/mol. The lowest BCUT2D eigenvalue weighted by Gasteiger charge is -2.13. The Bertz CT molecular complexity index is 675. The van der Waals surface area contributed by atoms with E-state index < -0.39 is 0 Å². The molecule has 0 heterocycles. The Morgan fingerprint density at radius 2 is 1.88 bits per heavy atom. The Morgan fingerprint density at radius 3 is 2.58 bits per heavy atom. The molecule has 0 unspecified atom stereocenters. The maximum absolute atomic E-state index is 12.1. The van der Waals surface area contributed by atoms with Crippen molar-refractivity contribution in [2.45, 2.75) is 52.0 Å². The minimum Gasteiger partial charge on any atom is -0.496 e. The van der Waals surface area contributed by atoms with Crippen LogP contribution in [0.1, 0.15) is 43.7 Å². The van der Waals surface area contributed by atoms with Crippen LogP contribution in [0.3, 0.4) is 0 Å². The summed E-state index contributed by atoms with van der Waals surface area (Å²) in [7, 11) is 1.56. The third kappa shape index (κ3) is 6.06. The number of hydrazine groups is 1. The molecule has 2 rings (SSSR count). The zero-order valence-electron chi connectivity index (χ0n) is 15.6. The van der Waals surface area contributed by atoms with Crippen molar-refractivity contribution in [1.82, 2.24) is 16.2 Å². The Hall–Kier alpha value is -2.57. The number of amides is 3. The number of hydrogen-bond donors (Lipinski definition) is 3. The first-order chi connectivity index (χ1) is 12.4. The summed E-state index contributed by atoms with van der Waals surface area (Å²) >= 11 is 0. The van der Waals surface area contributed by atoms with Gasteiger partial charge in [-0.1, -0.05) is 17.7 Å². The highest BCUT2D eigenvalue weighted by molar-refractivity contribution is 5.83. The fraction of sp³-hybridized carbons (Fsp3) is 0.526. The van der Waals surface area contributed by atoms with E-state index in [0.717, 1.165) is 30.4 Å². The summed E-state index contributed by atoms with van der Waals surface area (Å²) < 4.78 is 5.26. The molecule has 26 heavy (non-hydrogen) atoms. The summed E-state index contributed by atoms with van der Waals surface area (Å²) in [6.45, 7) is 3.44. The number of carbonyl (C=O) groups is 3. The van der Waals surface area contributed by atoms with Gasteiger partial charge in [0, 0.05) is 24.9 Å². The second-order valence-electron chi connectivity index (χ2n) is 6.87. The smallest absolute Gasteiger partial charge is 0.242 e. The number of methoxy groups -OCH3 is 1. The highest BCUT2D eigenvalue weighted by Gasteiger charge is 2.27. The summed E-state index contributed by atoms with van der Waals surface area (Å²) in [4.78, 5) is 35.2. The molecule has 0 saturated heterocycles. The van der Waals surface area contributed by atoms with Gasteiger partial charge < -0.3 is 10.1 Å². The van der Waals surface area contributed by atoms with Crippen LogP contribution in [0.25, 0.3) is 0 Å². The molecule has 1 aliphatic rings. The van der Waals surface area contributed by atoms with Crippen LogP contribution in [-0.4, -0.2) is 30.9 Å². The maximum Gasteiger partial charge on any atom is 0.242 e. The van der Waals surface area contributed by atoms with Crippen molar-refractivity contribution in [1.29, 1.82) is 0 Å². The van der Waals surface area contributed by atoms with E-state index in [-0.39, 0.29) is 36.1 Å². The van der Waals surface area contributed by atoms with Crippen LogP contribution in [0.4, 0.5) is 0 Å². The lowest BCUT2D eigenvalue weighted by atomic mass is 10.0.